The Balaban J connectivity index is 2.27. The minimum Gasteiger partial charge on any atom is -0.398 e. The molecule has 7 nitrogen and oxygen atoms in total. The van der Waals surface area contributed by atoms with E-state index in [2.05, 4.69) is 0 Å². The Morgan fingerprint density at radius 1 is 1.55 bits per heavy atom. The topological polar surface area (TPSA) is 98.7 Å². The summed E-state index contributed by atoms with van der Waals surface area (Å²) >= 11 is 0. The molecule has 108 valence electrons. The van der Waals surface area contributed by atoms with Crippen LogP contribution in [-0.4, -0.2) is 41.5 Å². The van der Waals surface area contributed by atoms with Crippen LogP contribution in [0, 0.1) is 10.1 Å². The fourth-order valence-electron chi connectivity index (χ4n) is 2.19. The standard InChI is InChI=1S/C13H17N3O4/c1-9-8-15(5-2-6-20-9)13(17)11-7-10(16(18)19)3-4-12(11)14/h3-4,7,9H,2,5-6,8,14H2,1H3. The van der Waals surface area contributed by atoms with Crippen LogP contribution in [0.5, 0.6) is 0 Å². The predicted molar refractivity (Wildman–Crippen MR) is 73.4 cm³/mol. The first-order chi connectivity index (χ1) is 9.49. The average molecular weight is 279 g/mol. The number of hydrogen-bond donors (Lipinski definition) is 1. The Morgan fingerprint density at radius 2 is 2.30 bits per heavy atom. The fourth-order valence-corrected chi connectivity index (χ4v) is 2.19. The lowest BCUT2D eigenvalue weighted by Gasteiger charge is -2.22. The Morgan fingerprint density at radius 3 is 3.00 bits per heavy atom. The lowest BCUT2D eigenvalue weighted by atomic mass is 10.1. The second-order valence-corrected chi connectivity index (χ2v) is 4.81. The maximum absolute atomic E-state index is 12.5. The molecule has 1 aromatic carbocycles. The quantitative estimate of drug-likeness (QED) is 0.501. The number of non-ortho nitro benzene ring substituents is 1. The van der Waals surface area contributed by atoms with Gasteiger partial charge in [0.15, 0.2) is 0 Å². The van der Waals surface area contributed by atoms with Gasteiger partial charge in [-0.15, -0.1) is 0 Å². The van der Waals surface area contributed by atoms with Crippen molar-refractivity contribution in [3.63, 3.8) is 0 Å². The number of nitrogens with two attached hydrogens (primary N) is 1. The molecule has 1 saturated heterocycles. The summed E-state index contributed by atoms with van der Waals surface area (Å²) in [6.07, 6.45) is 0.687. The molecule has 1 unspecified atom stereocenters. The molecule has 1 atom stereocenters. The van der Waals surface area contributed by atoms with Crippen molar-refractivity contribution in [3.8, 4) is 0 Å². The zero-order chi connectivity index (χ0) is 14.7. The van der Waals surface area contributed by atoms with Crippen LogP contribution >= 0.6 is 0 Å². The number of nitrogens with zero attached hydrogens (tertiary/aromatic N) is 2. The van der Waals surface area contributed by atoms with Gasteiger partial charge in [-0.25, -0.2) is 0 Å². The van der Waals surface area contributed by atoms with Crippen molar-refractivity contribution in [1.29, 1.82) is 0 Å². The summed E-state index contributed by atoms with van der Waals surface area (Å²) in [6, 6.07) is 3.91. The van der Waals surface area contributed by atoms with E-state index < -0.39 is 4.92 Å². The van der Waals surface area contributed by atoms with Gasteiger partial charge < -0.3 is 15.4 Å². The zero-order valence-electron chi connectivity index (χ0n) is 11.2. The monoisotopic (exact) mass is 279 g/mol. The van der Waals surface area contributed by atoms with Crippen molar-refractivity contribution in [2.75, 3.05) is 25.4 Å². The summed E-state index contributed by atoms with van der Waals surface area (Å²) < 4.78 is 5.48. The van der Waals surface area contributed by atoms with E-state index in [-0.39, 0.29) is 28.9 Å². The SMILES string of the molecule is CC1CN(C(=O)c2cc([N+](=O)[O-])ccc2N)CCCO1. The van der Waals surface area contributed by atoms with Crippen molar-refractivity contribution in [3.05, 3.63) is 33.9 Å². The molecule has 1 aliphatic rings. The highest BCUT2D eigenvalue weighted by Gasteiger charge is 2.24. The van der Waals surface area contributed by atoms with E-state index >= 15 is 0 Å². The van der Waals surface area contributed by atoms with Gasteiger partial charge in [0.05, 0.1) is 16.6 Å². The summed E-state index contributed by atoms with van der Waals surface area (Å²) in [7, 11) is 0. The molecule has 7 heteroatoms. The Bertz CT molecular complexity index is 532. The number of nitrogen functional groups attached to an aromatic ring is 1. The molecule has 1 aliphatic heterocycles. The number of benzene rings is 1. The highest BCUT2D eigenvalue weighted by Crippen LogP contribution is 2.22. The van der Waals surface area contributed by atoms with Gasteiger partial charge in [0.25, 0.3) is 11.6 Å². The summed E-state index contributed by atoms with van der Waals surface area (Å²) in [5, 5.41) is 10.8. The molecule has 0 bridgehead atoms. The molecule has 2 N–H and O–H groups in total. The molecule has 1 fully saturated rings. The maximum atomic E-state index is 12.5. The number of hydrogen-bond acceptors (Lipinski definition) is 5. The number of amides is 1. The Labute approximate surface area is 116 Å². The van der Waals surface area contributed by atoms with Crippen LogP contribution in [0.3, 0.4) is 0 Å². The van der Waals surface area contributed by atoms with Gasteiger partial charge in [-0.2, -0.15) is 0 Å². The molecular formula is C13H17N3O4. The van der Waals surface area contributed by atoms with Crippen LogP contribution in [0.4, 0.5) is 11.4 Å². The van der Waals surface area contributed by atoms with Crippen LogP contribution in [0.2, 0.25) is 0 Å². The van der Waals surface area contributed by atoms with Crippen LogP contribution in [0.25, 0.3) is 0 Å². The van der Waals surface area contributed by atoms with Gasteiger partial charge in [0.1, 0.15) is 0 Å². The maximum Gasteiger partial charge on any atom is 0.270 e. The minimum absolute atomic E-state index is 0.0543. The van der Waals surface area contributed by atoms with Crippen molar-refractivity contribution >= 4 is 17.3 Å². The third-order valence-corrected chi connectivity index (χ3v) is 3.22. The molecule has 20 heavy (non-hydrogen) atoms. The molecule has 0 aromatic heterocycles. The number of ether oxygens (including phenoxy) is 1. The first kappa shape index (κ1) is 14.3. The van der Waals surface area contributed by atoms with Gasteiger partial charge in [0, 0.05) is 37.5 Å². The van der Waals surface area contributed by atoms with E-state index in [0.717, 1.165) is 6.42 Å². The van der Waals surface area contributed by atoms with E-state index in [0.29, 0.717) is 19.7 Å². The van der Waals surface area contributed by atoms with Crippen molar-refractivity contribution in [2.24, 2.45) is 0 Å². The number of carbonyl (C=O) groups excluding carboxylic acids is 1. The van der Waals surface area contributed by atoms with Crippen LogP contribution < -0.4 is 5.73 Å². The largest absolute Gasteiger partial charge is 0.398 e. The van der Waals surface area contributed by atoms with Crippen molar-refractivity contribution in [1.82, 2.24) is 4.90 Å². The number of carbonyl (C=O) groups is 1. The average Bonchev–Trinajstić information content (AvgIpc) is 2.63. The molecule has 2 rings (SSSR count). The Kier molecular flexibility index (Phi) is 4.19. The number of anilines is 1. The lowest BCUT2D eigenvalue weighted by Crippen LogP contribution is -2.36. The molecule has 0 saturated carbocycles. The number of nitro groups is 1. The van der Waals surface area contributed by atoms with Gasteiger partial charge in [-0.05, 0) is 19.4 Å². The van der Waals surface area contributed by atoms with Gasteiger partial charge in [-0.1, -0.05) is 0 Å². The fraction of sp³-hybridized carbons (Fsp3) is 0.462. The van der Waals surface area contributed by atoms with Gasteiger partial charge >= 0.3 is 0 Å². The smallest absolute Gasteiger partial charge is 0.270 e. The highest BCUT2D eigenvalue weighted by molar-refractivity contribution is 5.99. The third-order valence-electron chi connectivity index (χ3n) is 3.22. The van der Waals surface area contributed by atoms with E-state index in [1.54, 1.807) is 4.90 Å². The second kappa shape index (κ2) is 5.87. The molecular weight excluding hydrogens is 262 g/mol. The molecule has 1 amide bonds. The molecule has 0 radical (unpaired) electrons. The third kappa shape index (κ3) is 3.05. The lowest BCUT2D eigenvalue weighted by molar-refractivity contribution is -0.384. The first-order valence-corrected chi connectivity index (χ1v) is 6.44. The van der Waals surface area contributed by atoms with Crippen LogP contribution in [-0.2, 0) is 4.74 Å². The van der Waals surface area contributed by atoms with E-state index in [4.69, 9.17) is 10.5 Å². The highest BCUT2D eigenvalue weighted by atomic mass is 16.6. The molecule has 1 heterocycles. The van der Waals surface area contributed by atoms with Crippen molar-refractivity contribution in [2.45, 2.75) is 19.4 Å². The summed E-state index contributed by atoms with van der Waals surface area (Å²) in [5.74, 6) is -0.288. The minimum atomic E-state index is -0.537. The van der Waals surface area contributed by atoms with E-state index in [9.17, 15) is 14.9 Å². The Hall–Kier alpha value is -2.15. The normalized spacial score (nSPS) is 19.4. The zero-order valence-corrected chi connectivity index (χ0v) is 11.2. The van der Waals surface area contributed by atoms with Gasteiger partial charge in [0.2, 0.25) is 0 Å². The number of rotatable bonds is 2. The molecule has 0 aliphatic carbocycles. The molecule has 0 spiro atoms. The summed E-state index contributed by atoms with van der Waals surface area (Å²) in [4.78, 5) is 24.3. The van der Waals surface area contributed by atoms with Crippen LogP contribution in [0.1, 0.15) is 23.7 Å². The van der Waals surface area contributed by atoms with Crippen molar-refractivity contribution < 1.29 is 14.5 Å². The van der Waals surface area contributed by atoms with E-state index in [1.807, 2.05) is 6.92 Å². The van der Waals surface area contributed by atoms with Crippen LogP contribution in [0.15, 0.2) is 18.2 Å². The second-order valence-electron chi connectivity index (χ2n) is 4.81. The molecule has 1 aromatic rings. The van der Waals surface area contributed by atoms with Gasteiger partial charge in [-0.3, -0.25) is 14.9 Å². The number of nitro benzene ring substituents is 1. The summed E-state index contributed by atoms with van der Waals surface area (Å²) in [6.45, 7) is 3.52. The summed E-state index contributed by atoms with van der Waals surface area (Å²) in [5.41, 5.74) is 6.06. The predicted octanol–water partition coefficient (Wildman–Crippen LogP) is 1.43. The first-order valence-electron chi connectivity index (χ1n) is 6.44. The van der Waals surface area contributed by atoms with E-state index in [1.165, 1.54) is 18.2 Å².